The number of nitrogens with zero attached hydrogens (tertiary/aromatic N) is 4. The second-order valence-corrected chi connectivity index (χ2v) is 9.09. The average Bonchev–Trinajstić information content (AvgIpc) is 2.83. The Bertz CT molecular complexity index is 1460. The number of pyridine rings is 2. The minimum Gasteiger partial charge on any atom is -0.373 e. The van der Waals surface area contributed by atoms with E-state index in [-0.39, 0.29) is 52.3 Å². The van der Waals surface area contributed by atoms with Crippen molar-refractivity contribution in [3.63, 3.8) is 0 Å². The van der Waals surface area contributed by atoms with Gasteiger partial charge in [0, 0.05) is 18.5 Å². The van der Waals surface area contributed by atoms with Gasteiger partial charge in [0.25, 0.3) is 0 Å². The Balaban J connectivity index is 1.81. The first-order valence-corrected chi connectivity index (χ1v) is 11.6. The molecule has 0 radical (unpaired) electrons. The summed E-state index contributed by atoms with van der Waals surface area (Å²) in [5.74, 6) is 0.426. The van der Waals surface area contributed by atoms with Gasteiger partial charge in [-0.05, 0) is 48.4 Å². The van der Waals surface area contributed by atoms with Crippen LogP contribution in [0.3, 0.4) is 0 Å². The molecule has 0 bridgehead atoms. The van der Waals surface area contributed by atoms with Gasteiger partial charge in [0.15, 0.2) is 11.5 Å². The van der Waals surface area contributed by atoms with Crippen molar-refractivity contribution in [2.24, 2.45) is 5.92 Å². The minimum absolute atomic E-state index is 0.00642. The summed E-state index contributed by atoms with van der Waals surface area (Å²) in [6, 6.07) is 8.07. The van der Waals surface area contributed by atoms with Crippen molar-refractivity contribution in [3.05, 3.63) is 70.6 Å². The number of ether oxygens (including phenoxy) is 1. The average molecular weight is 556 g/mol. The van der Waals surface area contributed by atoms with Crippen LogP contribution in [0.4, 0.5) is 37.8 Å². The molecular formula is C25H20ClF6N5O. The van der Waals surface area contributed by atoms with E-state index in [0.29, 0.717) is 6.61 Å². The van der Waals surface area contributed by atoms with Crippen molar-refractivity contribution < 1.29 is 31.1 Å². The van der Waals surface area contributed by atoms with E-state index in [4.69, 9.17) is 16.3 Å². The molecule has 0 atom stereocenters. The first-order chi connectivity index (χ1) is 17.8. The van der Waals surface area contributed by atoms with Gasteiger partial charge in [-0.25, -0.2) is 15.0 Å². The number of halogens is 7. The van der Waals surface area contributed by atoms with E-state index < -0.39 is 28.5 Å². The Hall–Kier alpha value is -3.51. The number of benzene rings is 1. The van der Waals surface area contributed by atoms with E-state index in [1.54, 1.807) is 0 Å². The summed E-state index contributed by atoms with van der Waals surface area (Å²) >= 11 is 5.72. The first-order valence-electron chi connectivity index (χ1n) is 11.2. The number of nitrogens with one attached hydrogen (secondary N) is 1. The van der Waals surface area contributed by atoms with Gasteiger partial charge in [-0.3, -0.25) is 4.98 Å². The van der Waals surface area contributed by atoms with Gasteiger partial charge in [0.05, 0.1) is 27.2 Å². The normalized spacial score (nSPS) is 12.4. The van der Waals surface area contributed by atoms with Crippen LogP contribution in [0, 0.1) is 5.92 Å². The molecular weight excluding hydrogens is 536 g/mol. The number of fused-ring (bicyclic) bond motifs is 1. The van der Waals surface area contributed by atoms with Crippen molar-refractivity contribution in [1.82, 2.24) is 19.9 Å². The molecule has 4 rings (SSSR count). The molecule has 0 fully saturated rings. The Labute approximate surface area is 218 Å². The summed E-state index contributed by atoms with van der Waals surface area (Å²) in [6.45, 7) is 4.20. The molecule has 38 heavy (non-hydrogen) atoms. The summed E-state index contributed by atoms with van der Waals surface area (Å²) < 4.78 is 86.3. The van der Waals surface area contributed by atoms with E-state index in [1.165, 1.54) is 30.5 Å². The van der Waals surface area contributed by atoms with Crippen molar-refractivity contribution in [2.75, 3.05) is 11.9 Å². The van der Waals surface area contributed by atoms with Crippen LogP contribution in [-0.4, -0.2) is 26.5 Å². The Kier molecular flexibility index (Phi) is 7.75. The number of anilines is 2. The maximum Gasteiger partial charge on any atom is 0.418 e. The summed E-state index contributed by atoms with van der Waals surface area (Å²) in [7, 11) is 0. The minimum atomic E-state index is -4.69. The zero-order valence-electron chi connectivity index (χ0n) is 20.0. The third-order valence-electron chi connectivity index (χ3n) is 5.18. The third-order valence-corrected chi connectivity index (χ3v) is 5.51. The molecule has 0 unspecified atom stereocenters. The molecule has 3 heterocycles. The zero-order chi connectivity index (χ0) is 27.7. The molecule has 200 valence electrons. The quantitative estimate of drug-likeness (QED) is 0.236. The summed E-state index contributed by atoms with van der Waals surface area (Å²) in [5, 5.41) is 2.61. The second-order valence-electron chi connectivity index (χ2n) is 8.68. The van der Waals surface area contributed by atoms with E-state index in [1.807, 2.05) is 13.8 Å². The highest BCUT2D eigenvalue weighted by molar-refractivity contribution is 6.31. The molecule has 0 aliphatic carbocycles. The van der Waals surface area contributed by atoms with Crippen LogP contribution in [0.25, 0.3) is 22.4 Å². The van der Waals surface area contributed by atoms with Crippen molar-refractivity contribution in [1.29, 1.82) is 0 Å². The van der Waals surface area contributed by atoms with Gasteiger partial charge < -0.3 is 10.1 Å². The summed E-state index contributed by atoms with van der Waals surface area (Å²) in [4.78, 5) is 16.8. The highest BCUT2D eigenvalue weighted by atomic mass is 35.5. The van der Waals surface area contributed by atoms with Crippen molar-refractivity contribution >= 4 is 34.1 Å². The molecule has 4 aromatic rings. The van der Waals surface area contributed by atoms with Crippen LogP contribution in [0.15, 0.2) is 48.7 Å². The fraction of sp³-hybridized carbons (Fsp3) is 0.280. The number of alkyl halides is 6. The van der Waals surface area contributed by atoms with Crippen LogP contribution in [0.1, 0.15) is 30.8 Å². The highest BCUT2D eigenvalue weighted by Gasteiger charge is 2.35. The first kappa shape index (κ1) is 27.5. The van der Waals surface area contributed by atoms with Crippen LogP contribution < -0.4 is 5.32 Å². The SMILES string of the molecule is CC(C)COCc1nc(Nc2ccc(Cl)c(C(F)(F)F)c2)c2ccc(-c3ncccc3C(F)(F)F)nc2n1. The van der Waals surface area contributed by atoms with Crippen LogP contribution in [-0.2, 0) is 23.7 Å². The Morgan fingerprint density at radius 3 is 2.34 bits per heavy atom. The summed E-state index contributed by atoms with van der Waals surface area (Å²) in [6.07, 6.45) is -8.14. The zero-order valence-corrected chi connectivity index (χ0v) is 20.7. The van der Waals surface area contributed by atoms with Crippen LogP contribution in [0.5, 0.6) is 0 Å². The molecule has 3 aromatic heterocycles. The maximum atomic E-state index is 13.6. The monoisotopic (exact) mass is 555 g/mol. The Morgan fingerprint density at radius 1 is 0.921 bits per heavy atom. The Morgan fingerprint density at radius 2 is 1.66 bits per heavy atom. The highest BCUT2D eigenvalue weighted by Crippen LogP contribution is 2.38. The smallest absolute Gasteiger partial charge is 0.373 e. The number of hydrogen-bond donors (Lipinski definition) is 1. The fourth-order valence-electron chi connectivity index (χ4n) is 3.53. The fourth-order valence-corrected chi connectivity index (χ4v) is 3.75. The van der Waals surface area contributed by atoms with E-state index in [9.17, 15) is 26.3 Å². The van der Waals surface area contributed by atoms with Gasteiger partial charge in [-0.1, -0.05) is 25.4 Å². The lowest BCUT2D eigenvalue weighted by atomic mass is 10.1. The van der Waals surface area contributed by atoms with E-state index in [0.717, 1.165) is 18.2 Å². The van der Waals surface area contributed by atoms with Gasteiger partial charge in [0.2, 0.25) is 0 Å². The van der Waals surface area contributed by atoms with Gasteiger partial charge >= 0.3 is 12.4 Å². The lowest BCUT2D eigenvalue weighted by molar-refractivity contribution is -0.138. The number of hydrogen-bond acceptors (Lipinski definition) is 6. The molecule has 0 aliphatic heterocycles. The van der Waals surface area contributed by atoms with Crippen LogP contribution >= 0.6 is 11.6 Å². The van der Waals surface area contributed by atoms with Gasteiger partial charge in [-0.15, -0.1) is 0 Å². The number of rotatable bonds is 7. The van der Waals surface area contributed by atoms with Crippen molar-refractivity contribution in [3.8, 4) is 11.4 Å². The molecule has 0 spiro atoms. The molecule has 0 saturated heterocycles. The topological polar surface area (TPSA) is 72.8 Å². The van der Waals surface area contributed by atoms with Gasteiger partial charge in [0.1, 0.15) is 18.1 Å². The van der Waals surface area contributed by atoms with Crippen LogP contribution in [0.2, 0.25) is 5.02 Å². The molecule has 0 saturated carbocycles. The van der Waals surface area contributed by atoms with Gasteiger partial charge in [-0.2, -0.15) is 26.3 Å². The van der Waals surface area contributed by atoms with E-state index in [2.05, 4.69) is 25.3 Å². The van der Waals surface area contributed by atoms with Crippen molar-refractivity contribution in [2.45, 2.75) is 32.8 Å². The largest absolute Gasteiger partial charge is 0.418 e. The molecule has 0 aliphatic rings. The molecule has 1 N–H and O–H groups in total. The summed E-state index contributed by atoms with van der Waals surface area (Å²) in [5.41, 5.74) is -2.45. The lowest BCUT2D eigenvalue weighted by Crippen LogP contribution is -2.10. The maximum absolute atomic E-state index is 13.6. The standard InChI is InChI=1S/C25H20ClF6N5O/c1-13(2)11-38-12-20-36-22(34-14-5-7-18(26)17(10-14)25(30,31)32)15-6-8-19(35-23(15)37-20)21-16(24(27,28)29)4-3-9-33-21/h3-10,13H,11-12H2,1-2H3,(H,34,35,36,37). The predicted octanol–water partition coefficient (Wildman–Crippen LogP) is 7.69. The third kappa shape index (κ3) is 6.30. The molecule has 13 heteroatoms. The lowest BCUT2D eigenvalue weighted by Gasteiger charge is -2.15. The second kappa shape index (κ2) is 10.7. The van der Waals surface area contributed by atoms with E-state index >= 15 is 0 Å². The predicted molar refractivity (Wildman–Crippen MR) is 130 cm³/mol. The number of aromatic nitrogens is 4. The molecule has 1 aromatic carbocycles. The molecule has 6 nitrogen and oxygen atoms in total. The molecule has 0 amide bonds.